The molecule has 4 aromatic heterocycles. The van der Waals surface area contributed by atoms with Crippen molar-refractivity contribution in [2.24, 2.45) is 7.05 Å². The van der Waals surface area contributed by atoms with Gasteiger partial charge >= 0.3 is 0 Å². The van der Waals surface area contributed by atoms with E-state index in [4.69, 9.17) is 0 Å². The first-order chi connectivity index (χ1) is 16.8. The van der Waals surface area contributed by atoms with Crippen molar-refractivity contribution in [3.63, 3.8) is 0 Å². The molecular weight excluding hydrogens is 472 g/mol. The number of anilines is 1. The lowest BCUT2D eigenvalue weighted by Crippen LogP contribution is -2.19. The lowest BCUT2D eigenvalue weighted by molar-refractivity contribution is -0.116. The first kappa shape index (κ1) is 22.8. The van der Waals surface area contributed by atoms with Gasteiger partial charge in [-0.25, -0.2) is 23.4 Å². The fourth-order valence-corrected chi connectivity index (χ4v) is 4.75. The number of nitrogens with zero attached hydrogens (tertiary/aromatic N) is 6. The van der Waals surface area contributed by atoms with E-state index < -0.39 is 6.43 Å². The maximum Gasteiger partial charge on any atom is 0.264 e. The lowest BCUT2D eigenvalue weighted by atomic mass is 10.1. The number of alkyl halides is 2. The highest BCUT2D eigenvalue weighted by Gasteiger charge is 2.22. The van der Waals surface area contributed by atoms with Crippen molar-refractivity contribution in [3.05, 3.63) is 64.9 Å². The first-order valence-corrected chi connectivity index (χ1v) is 11.7. The number of aromatic nitrogens is 6. The molecule has 35 heavy (non-hydrogen) atoms. The van der Waals surface area contributed by atoms with E-state index in [0.717, 1.165) is 11.3 Å². The van der Waals surface area contributed by atoms with E-state index in [1.807, 2.05) is 43.7 Å². The number of hydrogen-bond acceptors (Lipinski definition) is 6. The first-order valence-electron chi connectivity index (χ1n) is 10.8. The third kappa shape index (κ3) is 4.42. The Bertz CT molecular complexity index is 1540. The predicted molar refractivity (Wildman–Crippen MR) is 130 cm³/mol. The maximum atomic E-state index is 13.9. The van der Waals surface area contributed by atoms with Gasteiger partial charge in [-0.1, -0.05) is 30.3 Å². The quantitative estimate of drug-likeness (QED) is 0.353. The molecule has 8 nitrogen and oxygen atoms in total. The number of halogens is 2. The summed E-state index contributed by atoms with van der Waals surface area (Å²) in [6.45, 7) is 3.33. The van der Waals surface area contributed by atoms with E-state index in [1.165, 1.54) is 22.1 Å². The molecule has 1 amide bonds. The van der Waals surface area contributed by atoms with Crippen LogP contribution in [-0.2, 0) is 18.4 Å². The number of nitrogens with one attached hydrogen (secondary N) is 1. The Balaban J connectivity index is 1.45. The fourth-order valence-electron chi connectivity index (χ4n) is 4.03. The van der Waals surface area contributed by atoms with Crippen LogP contribution in [0.2, 0.25) is 0 Å². The molecule has 0 radical (unpaired) electrons. The minimum atomic E-state index is -2.71. The Morgan fingerprint density at radius 1 is 1.09 bits per heavy atom. The highest BCUT2D eigenvalue weighted by molar-refractivity contribution is 7.14. The van der Waals surface area contributed by atoms with Crippen LogP contribution in [0.25, 0.3) is 33.5 Å². The Labute approximate surface area is 203 Å². The standard InChI is InChI=1S/C24H21F2N7OS/c1-13-17(10-32(3)30-13)19-12-35-24(28-19)29-20(34)11-33-23-21(14(2)31-33)16(22(25)26)9-18(27-23)15-7-5-4-6-8-15/h4-10,12,22H,11H2,1-3H3,(H,28,29,34). The number of aryl methyl sites for hydroxylation is 3. The summed E-state index contributed by atoms with van der Waals surface area (Å²) >= 11 is 1.29. The van der Waals surface area contributed by atoms with Gasteiger partial charge in [-0.3, -0.25) is 9.48 Å². The normalized spacial score (nSPS) is 11.5. The van der Waals surface area contributed by atoms with Crippen LogP contribution in [-0.4, -0.2) is 35.4 Å². The minimum absolute atomic E-state index is 0.158. The van der Waals surface area contributed by atoms with Crippen LogP contribution in [0.5, 0.6) is 0 Å². The Morgan fingerprint density at radius 3 is 2.54 bits per heavy atom. The second-order valence-electron chi connectivity index (χ2n) is 8.09. The van der Waals surface area contributed by atoms with Gasteiger partial charge in [-0.2, -0.15) is 10.2 Å². The van der Waals surface area contributed by atoms with Crippen LogP contribution in [0.3, 0.4) is 0 Å². The van der Waals surface area contributed by atoms with E-state index in [-0.39, 0.29) is 29.0 Å². The molecule has 0 spiro atoms. The Kier molecular flexibility index (Phi) is 5.85. The van der Waals surface area contributed by atoms with Gasteiger partial charge in [0.05, 0.1) is 28.2 Å². The highest BCUT2D eigenvalue weighted by atomic mass is 32.1. The maximum absolute atomic E-state index is 13.9. The molecule has 4 heterocycles. The molecular formula is C24H21F2N7OS. The molecule has 0 aliphatic heterocycles. The van der Waals surface area contributed by atoms with Crippen molar-refractivity contribution in [1.82, 2.24) is 29.5 Å². The van der Waals surface area contributed by atoms with E-state index in [9.17, 15) is 13.6 Å². The Hall–Kier alpha value is -3.99. The molecule has 0 fully saturated rings. The SMILES string of the molecule is Cc1nn(C)cc1-c1csc(NC(=O)Cn2nc(C)c3c(C(F)F)cc(-c4ccccc4)nc32)n1. The molecule has 1 aromatic carbocycles. The highest BCUT2D eigenvalue weighted by Crippen LogP contribution is 2.33. The number of amides is 1. The molecule has 11 heteroatoms. The summed E-state index contributed by atoms with van der Waals surface area (Å²) in [5, 5.41) is 14.0. The molecule has 0 saturated carbocycles. The summed E-state index contributed by atoms with van der Waals surface area (Å²) < 4.78 is 31.0. The molecule has 0 bridgehead atoms. The zero-order chi connectivity index (χ0) is 24.7. The third-order valence-corrected chi connectivity index (χ3v) is 6.30. The number of rotatable bonds is 6. The van der Waals surface area contributed by atoms with Crippen LogP contribution < -0.4 is 5.32 Å². The number of benzene rings is 1. The number of thiazole rings is 1. The van der Waals surface area contributed by atoms with Gasteiger partial charge in [0.2, 0.25) is 5.91 Å². The van der Waals surface area contributed by atoms with Crippen molar-refractivity contribution in [1.29, 1.82) is 0 Å². The molecule has 5 aromatic rings. The molecule has 0 saturated heterocycles. The average molecular weight is 494 g/mol. The second-order valence-corrected chi connectivity index (χ2v) is 8.95. The van der Waals surface area contributed by atoms with Gasteiger partial charge in [0.1, 0.15) is 6.54 Å². The van der Waals surface area contributed by atoms with Crippen LogP contribution in [0.1, 0.15) is 23.4 Å². The molecule has 5 rings (SSSR count). The van der Waals surface area contributed by atoms with Crippen LogP contribution in [0, 0.1) is 13.8 Å². The zero-order valence-electron chi connectivity index (χ0n) is 19.2. The smallest absolute Gasteiger partial charge is 0.264 e. The second kappa shape index (κ2) is 8.99. The van der Waals surface area contributed by atoms with Crippen molar-refractivity contribution in [3.8, 4) is 22.5 Å². The van der Waals surface area contributed by atoms with Crippen LogP contribution >= 0.6 is 11.3 Å². The van der Waals surface area contributed by atoms with Crippen molar-refractivity contribution in [2.45, 2.75) is 26.8 Å². The van der Waals surface area contributed by atoms with Crippen molar-refractivity contribution in [2.75, 3.05) is 5.32 Å². The molecule has 0 aliphatic carbocycles. The van der Waals surface area contributed by atoms with Gasteiger partial charge in [0.15, 0.2) is 10.8 Å². The van der Waals surface area contributed by atoms with Crippen molar-refractivity contribution >= 4 is 33.4 Å². The summed E-state index contributed by atoms with van der Waals surface area (Å²) in [5.41, 5.74) is 4.00. The fraction of sp³-hybridized carbons (Fsp3) is 0.208. The van der Waals surface area contributed by atoms with Gasteiger partial charge in [0, 0.05) is 35.3 Å². The monoisotopic (exact) mass is 493 g/mol. The van der Waals surface area contributed by atoms with Crippen molar-refractivity contribution < 1.29 is 13.6 Å². The summed E-state index contributed by atoms with van der Waals surface area (Å²) in [4.78, 5) is 21.9. The van der Waals surface area contributed by atoms with Gasteiger partial charge in [-0.05, 0) is 19.9 Å². The van der Waals surface area contributed by atoms with Gasteiger partial charge < -0.3 is 5.32 Å². The zero-order valence-corrected chi connectivity index (χ0v) is 20.0. The van der Waals surface area contributed by atoms with Gasteiger partial charge in [-0.15, -0.1) is 11.3 Å². The number of hydrogen-bond donors (Lipinski definition) is 1. The number of carbonyl (C=O) groups excluding carboxylic acids is 1. The summed E-state index contributed by atoms with van der Waals surface area (Å²) in [6, 6.07) is 10.5. The largest absolute Gasteiger partial charge is 0.300 e. The average Bonchev–Trinajstić information content (AvgIpc) is 3.51. The summed E-state index contributed by atoms with van der Waals surface area (Å²) in [7, 11) is 1.83. The summed E-state index contributed by atoms with van der Waals surface area (Å²) in [5.74, 6) is -0.385. The lowest BCUT2D eigenvalue weighted by Gasteiger charge is -2.09. The Morgan fingerprint density at radius 2 is 1.86 bits per heavy atom. The van der Waals surface area contributed by atoms with E-state index in [0.29, 0.717) is 27.8 Å². The van der Waals surface area contributed by atoms with E-state index in [2.05, 4.69) is 25.5 Å². The molecule has 0 aliphatic rings. The van der Waals surface area contributed by atoms with Crippen LogP contribution in [0.4, 0.5) is 13.9 Å². The number of fused-ring (bicyclic) bond motifs is 1. The molecule has 0 unspecified atom stereocenters. The summed E-state index contributed by atoms with van der Waals surface area (Å²) in [6.07, 6.45) is -0.844. The number of pyridine rings is 1. The number of carbonyl (C=O) groups is 1. The molecule has 1 N–H and O–H groups in total. The topological polar surface area (TPSA) is 90.5 Å². The van der Waals surface area contributed by atoms with E-state index >= 15 is 0 Å². The minimum Gasteiger partial charge on any atom is -0.300 e. The molecule has 0 atom stereocenters. The predicted octanol–water partition coefficient (Wildman–Crippen LogP) is 5.15. The van der Waals surface area contributed by atoms with E-state index in [1.54, 1.807) is 23.7 Å². The molecule has 178 valence electrons. The van der Waals surface area contributed by atoms with Gasteiger partial charge in [0.25, 0.3) is 6.43 Å². The van der Waals surface area contributed by atoms with Crippen LogP contribution in [0.15, 0.2) is 48.0 Å². The third-order valence-electron chi connectivity index (χ3n) is 5.55.